The average molecular weight is 341 g/mol. The van der Waals surface area contributed by atoms with Gasteiger partial charge in [-0.2, -0.15) is 0 Å². The second-order valence-electron chi connectivity index (χ2n) is 5.32. The zero-order chi connectivity index (χ0) is 17.2. The van der Waals surface area contributed by atoms with Gasteiger partial charge in [0.15, 0.2) is 0 Å². The molecule has 0 fully saturated rings. The minimum Gasteiger partial charge on any atom is -0.387 e. The van der Waals surface area contributed by atoms with Gasteiger partial charge >= 0.3 is 0 Å². The van der Waals surface area contributed by atoms with Gasteiger partial charge in [0.25, 0.3) is 0 Å². The average Bonchev–Trinajstić information content (AvgIpc) is 2.46. The number of aliphatic hydroxyl groups is 1. The minimum absolute atomic E-state index is 0.0583. The van der Waals surface area contributed by atoms with Crippen molar-refractivity contribution in [2.75, 3.05) is 0 Å². The molecule has 2 aromatic carbocycles. The number of halogens is 2. The third-order valence-corrected chi connectivity index (χ3v) is 5.17. The van der Waals surface area contributed by atoms with Gasteiger partial charge in [0, 0.05) is 6.04 Å². The Hall–Kier alpha value is -1.83. The Kier molecular flexibility index (Phi) is 5.13. The lowest BCUT2D eigenvalue weighted by Gasteiger charge is -2.21. The molecule has 0 amide bonds. The van der Waals surface area contributed by atoms with Crippen molar-refractivity contribution >= 4 is 10.0 Å². The maximum Gasteiger partial charge on any atom is 0.241 e. The molecule has 4 nitrogen and oxygen atoms in total. The molecule has 0 aromatic heterocycles. The van der Waals surface area contributed by atoms with Crippen molar-refractivity contribution in [1.29, 1.82) is 0 Å². The second-order valence-corrected chi connectivity index (χ2v) is 7.00. The van der Waals surface area contributed by atoms with Crippen LogP contribution in [0.2, 0.25) is 0 Å². The first-order chi connectivity index (χ1) is 10.7. The van der Waals surface area contributed by atoms with Gasteiger partial charge in [0.1, 0.15) is 11.6 Å². The van der Waals surface area contributed by atoms with Crippen molar-refractivity contribution in [3.8, 4) is 0 Å². The van der Waals surface area contributed by atoms with Crippen molar-refractivity contribution in [2.24, 2.45) is 0 Å². The van der Waals surface area contributed by atoms with Crippen molar-refractivity contribution < 1.29 is 22.3 Å². The summed E-state index contributed by atoms with van der Waals surface area (Å²) in [7, 11) is -3.92. The lowest BCUT2D eigenvalue weighted by Crippen LogP contribution is -2.37. The van der Waals surface area contributed by atoms with Gasteiger partial charge < -0.3 is 5.11 Å². The molecule has 2 atom stereocenters. The maximum atomic E-state index is 13.1. The Bertz CT molecular complexity index is 791. The molecular weight excluding hydrogens is 324 g/mol. The monoisotopic (exact) mass is 341 g/mol. The van der Waals surface area contributed by atoms with Gasteiger partial charge in [0.05, 0.1) is 11.0 Å². The number of aryl methyl sites for hydroxylation is 1. The summed E-state index contributed by atoms with van der Waals surface area (Å²) in [5, 5.41) is 10.2. The van der Waals surface area contributed by atoms with E-state index in [1.807, 2.05) is 0 Å². The van der Waals surface area contributed by atoms with Gasteiger partial charge in [-0.3, -0.25) is 0 Å². The lowest BCUT2D eigenvalue weighted by atomic mass is 10.0. The molecular formula is C16H17F2NO3S. The Morgan fingerprint density at radius 3 is 2.17 bits per heavy atom. The smallest absolute Gasteiger partial charge is 0.241 e. The fraction of sp³-hybridized carbons (Fsp3) is 0.250. The van der Waals surface area contributed by atoms with Crippen LogP contribution in [-0.2, 0) is 10.0 Å². The molecule has 0 radical (unpaired) electrons. The van der Waals surface area contributed by atoms with Crippen molar-refractivity contribution in [1.82, 2.24) is 4.72 Å². The number of benzene rings is 2. The SMILES string of the molecule is Cc1cc(F)ccc1S(=O)(=O)NC(C)C(O)c1ccc(F)cc1. The van der Waals surface area contributed by atoms with Crippen LogP contribution >= 0.6 is 0 Å². The summed E-state index contributed by atoms with van der Waals surface area (Å²) < 4.78 is 53.1. The summed E-state index contributed by atoms with van der Waals surface area (Å²) in [5.41, 5.74) is 0.651. The maximum absolute atomic E-state index is 13.1. The summed E-state index contributed by atoms with van der Waals surface area (Å²) in [5.74, 6) is -0.975. The molecule has 124 valence electrons. The molecule has 7 heteroatoms. The Labute approximate surface area is 133 Å². The summed E-state index contributed by atoms with van der Waals surface area (Å²) in [6.45, 7) is 2.98. The van der Waals surface area contributed by atoms with Gasteiger partial charge in [-0.1, -0.05) is 12.1 Å². The Morgan fingerprint density at radius 2 is 1.61 bits per heavy atom. The molecule has 2 N–H and O–H groups in total. The summed E-state index contributed by atoms with van der Waals surface area (Å²) in [4.78, 5) is -0.0583. The van der Waals surface area contributed by atoms with Crippen LogP contribution in [0.15, 0.2) is 47.4 Å². The van der Waals surface area contributed by atoms with Gasteiger partial charge in [-0.15, -0.1) is 0 Å². The molecule has 23 heavy (non-hydrogen) atoms. The van der Waals surface area contributed by atoms with Crippen molar-refractivity contribution in [2.45, 2.75) is 30.9 Å². The fourth-order valence-corrected chi connectivity index (χ4v) is 3.71. The molecule has 0 aliphatic carbocycles. The van der Waals surface area contributed by atoms with E-state index in [9.17, 15) is 22.3 Å². The molecule has 0 saturated heterocycles. The van der Waals surface area contributed by atoms with E-state index >= 15 is 0 Å². The molecule has 0 saturated carbocycles. The number of rotatable bonds is 5. The molecule has 2 aromatic rings. The predicted molar refractivity (Wildman–Crippen MR) is 82.3 cm³/mol. The molecule has 0 aliphatic rings. The minimum atomic E-state index is -3.92. The molecule has 2 unspecified atom stereocenters. The number of hydrogen-bond acceptors (Lipinski definition) is 3. The Balaban J connectivity index is 2.20. The predicted octanol–water partition coefficient (Wildman–Crippen LogP) is 2.67. The van der Waals surface area contributed by atoms with E-state index in [2.05, 4.69) is 4.72 Å². The van der Waals surface area contributed by atoms with E-state index in [0.29, 0.717) is 5.56 Å². The van der Waals surface area contributed by atoms with E-state index in [0.717, 1.165) is 12.1 Å². The Morgan fingerprint density at radius 1 is 1.04 bits per heavy atom. The number of hydrogen-bond donors (Lipinski definition) is 2. The molecule has 0 heterocycles. The molecule has 0 bridgehead atoms. The number of sulfonamides is 1. The highest BCUT2D eigenvalue weighted by Gasteiger charge is 2.24. The van der Waals surface area contributed by atoms with E-state index in [4.69, 9.17) is 0 Å². The van der Waals surface area contributed by atoms with E-state index in [1.165, 1.54) is 44.2 Å². The van der Waals surface area contributed by atoms with Crippen LogP contribution in [0, 0.1) is 18.6 Å². The highest BCUT2D eigenvalue weighted by molar-refractivity contribution is 7.89. The van der Waals surface area contributed by atoms with Crippen molar-refractivity contribution in [3.63, 3.8) is 0 Å². The van der Waals surface area contributed by atoms with Gasteiger partial charge in [-0.05, 0) is 55.3 Å². The third kappa shape index (κ3) is 4.13. The topological polar surface area (TPSA) is 66.4 Å². The number of nitrogens with one attached hydrogen (secondary N) is 1. The van der Waals surface area contributed by atoms with E-state index in [-0.39, 0.29) is 10.5 Å². The standard InChI is InChI=1S/C16H17F2NO3S/c1-10-9-14(18)7-8-15(10)23(21,22)19-11(2)16(20)12-3-5-13(17)6-4-12/h3-9,11,16,19-20H,1-2H3. The van der Waals surface area contributed by atoms with Crippen LogP contribution in [0.4, 0.5) is 8.78 Å². The first kappa shape index (κ1) is 17.5. The highest BCUT2D eigenvalue weighted by atomic mass is 32.2. The summed E-state index contributed by atoms with van der Waals surface area (Å²) >= 11 is 0. The first-order valence-corrected chi connectivity index (χ1v) is 8.41. The zero-order valence-electron chi connectivity index (χ0n) is 12.6. The van der Waals surface area contributed by atoms with Crippen molar-refractivity contribution in [3.05, 3.63) is 65.2 Å². The van der Waals surface area contributed by atoms with Crippen LogP contribution in [0.25, 0.3) is 0 Å². The third-order valence-electron chi connectivity index (χ3n) is 3.45. The van der Waals surface area contributed by atoms with Gasteiger partial charge in [-0.25, -0.2) is 21.9 Å². The van der Waals surface area contributed by atoms with Crippen LogP contribution in [0.1, 0.15) is 24.2 Å². The van der Waals surface area contributed by atoms with E-state index in [1.54, 1.807) is 0 Å². The summed E-state index contributed by atoms with van der Waals surface area (Å²) in [6, 6.07) is 7.63. The van der Waals surface area contributed by atoms with Crippen LogP contribution in [0.3, 0.4) is 0 Å². The quantitative estimate of drug-likeness (QED) is 0.879. The molecule has 0 spiro atoms. The molecule has 0 aliphatic heterocycles. The van der Waals surface area contributed by atoms with Crippen LogP contribution < -0.4 is 4.72 Å². The lowest BCUT2D eigenvalue weighted by molar-refractivity contribution is 0.146. The summed E-state index contributed by atoms with van der Waals surface area (Å²) in [6.07, 6.45) is -1.15. The van der Waals surface area contributed by atoms with E-state index < -0.39 is 33.8 Å². The van der Waals surface area contributed by atoms with Crippen LogP contribution in [-0.4, -0.2) is 19.6 Å². The largest absolute Gasteiger partial charge is 0.387 e. The second kappa shape index (κ2) is 6.74. The normalized spacial score (nSPS) is 14.5. The van der Waals surface area contributed by atoms with Crippen LogP contribution in [0.5, 0.6) is 0 Å². The van der Waals surface area contributed by atoms with Gasteiger partial charge in [0.2, 0.25) is 10.0 Å². The molecule has 2 rings (SSSR count). The fourth-order valence-electron chi connectivity index (χ4n) is 2.24. The zero-order valence-corrected chi connectivity index (χ0v) is 13.4. The highest BCUT2D eigenvalue weighted by Crippen LogP contribution is 2.21. The number of aliphatic hydroxyl groups excluding tert-OH is 1. The first-order valence-electron chi connectivity index (χ1n) is 6.93.